The van der Waals surface area contributed by atoms with Gasteiger partial charge in [0.05, 0.1) is 22.7 Å². The van der Waals surface area contributed by atoms with Gasteiger partial charge in [0.2, 0.25) is 11.7 Å². The van der Waals surface area contributed by atoms with Crippen LogP contribution in [0.3, 0.4) is 0 Å². The maximum absolute atomic E-state index is 13.5. The van der Waals surface area contributed by atoms with Crippen molar-refractivity contribution < 1.29 is 28.2 Å². The van der Waals surface area contributed by atoms with Crippen LogP contribution in [-0.4, -0.2) is 75.8 Å². The number of anilines is 1. The molecule has 0 radical (unpaired) electrons. The molecule has 15 heteroatoms. The monoisotopic (exact) mass is 640 g/mol. The van der Waals surface area contributed by atoms with E-state index in [2.05, 4.69) is 37.4 Å². The molecule has 45 heavy (non-hydrogen) atoms. The third-order valence-corrected chi connectivity index (χ3v) is 9.38. The molecule has 240 valence electrons. The number of hydrogen-bond donors (Lipinski definition) is 4. The third kappa shape index (κ3) is 5.73. The first-order valence-electron chi connectivity index (χ1n) is 14.7. The van der Waals surface area contributed by atoms with Crippen LogP contribution in [0.25, 0.3) is 11.2 Å². The number of hydrogen-bond acceptors (Lipinski definition) is 12. The number of amides is 1. The lowest BCUT2D eigenvalue weighted by Gasteiger charge is -2.32. The van der Waals surface area contributed by atoms with Gasteiger partial charge in [-0.25, -0.2) is 15.0 Å². The zero-order valence-electron chi connectivity index (χ0n) is 25.8. The second-order valence-corrected chi connectivity index (χ2v) is 13.1. The number of aromatic nitrogens is 4. The molecule has 1 amide bonds. The summed E-state index contributed by atoms with van der Waals surface area (Å²) in [5, 5.41) is 5.33. The van der Waals surface area contributed by atoms with Gasteiger partial charge in [-0.3, -0.25) is 14.4 Å². The van der Waals surface area contributed by atoms with Crippen molar-refractivity contribution >= 4 is 46.2 Å². The molecule has 0 saturated heterocycles. The van der Waals surface area contributed by atoms with Crippen molar-refractivity contribution in [2.75, 3.05) is 19.4 Å². The predicted molar refractivity (Wildman–Crippen MR) is 164 cm³/mol. The highest BCUT2D eigenvalue weighted by atomic mass is 32.1. The summed E-state index contributed by atoms with van der Waals surface area (Å²) >= 11 is 0.899. The minimum absolute atomic E-state index is 0.134. The Balaban J connectivity index is 1.64. The van der Waals surface area contributed by atoms with Gasteiger partial charge in [0.1, 0.15) is 12.1 Å². The summed E-state index contributed by atoms with van der Waals surface area (Å²) in [6.07, 6.45) is -0.423. The number of fused-ring (bicyclic) bond motifs is 2. The SMILES string of the molecule is CNC(=O)[C@@]12CC1C(n1cnc3c(NC)nc(C#Cc4ccc(F)s4)nc31)[C@H](OC(=O)[C@@H](N)C(C)C)[C@@H]2OC(=O)[C@@H](N)C(C)C. The van der Waals surface area contributed by atoms with Crippen LogP contribution in [0.2, 0.25) is 0 Å². The van der Waals surface area contributed by atoms with Crippen LogP contribution in [0.15, 0.2) is 18.5 Å². The minimum Gasteiger partial charge on any atom is -0.456 e. The zero-order valence-corrected chi connectivity index (χ0v) is 26.6. The average molecular weight is 641 g/mol. The molecule has 2 aliphatic rings. The highest BCUT2D eigenvalue weighted by molar-refractivity contribution is 7.10. The van der Waals surface area contributed by atoms with Crippen LogP contribution < -0.4 is 22.1 Å². The summed E-state index contributed by atoms with van der Waals surface area (Å²) in [5.41, 5.74) is 11.9. The summed E-state index contributed by atoms with van der Waals surface area (Å²) in [6.45, 7) is 7.13. The van der Waals surface area contributed by atoms with Gasteiger partial charge in [0, 0.05) is 20.0 Å². The number of nitrogens with one attached hydrogen (secondary N) is 2. The number of ether oxygens (including phenoxy) is 2. The molecule has 13 nitrogen and oxygen atoms in total. The summed E-state index contributed by atoms with van der Waals surface area (Å²) in [4.78, 5) is 54.2. The minimum atomic E-state index is -1.19. The molecule has 0 spiro atoms. The maximum atomic E-state index is 13.5. The van der Waals surface area contributed by atoms with Crippen LogP contribution in [0, 0.1) is 40.1 Å². The van der Waals surface area contributed by atoms with E-state index in [1.54, 1.807) is 45.4 Å². The van der Waals surface area contributed by atoms with Crippen molar-refractivity contribution in [3.63, 3.8) is 0 Å². The highest BCUT2D eigenvalue weighted by Gasteiger charge is 2.78. The van der Waals surface area contributed by atoms with Crippen molar-refractivity contribution in [1.82, 2.24) is 24.8 Å². The van der Waals surface area contributed by atoms with Crippen LogP contribution >= 0.6 is 11.3 Å². The predicted octanol–water partition coefficient (Wildman–Crippen LogP) is 1.57. The number of nitrogens with zero attached hydrogens (tertiary/aromatic N) is 4. The number of nitrogens with two attached hydrogens (primary N) is 2. The summed E-state index contributed by atoms with van der Waals surface area (Å²) in [6, 6.07) is 0.234. The van der Waals surface area contributed by atoms with E-state index < -0.39 is 53.6 Å². The molecule has 0 bridgehead atoms. The number of rotatable bonds is 9. The van der Waals surface area contributed by atoms with Gasteiger partial charge in [-0.15, -0.1) is 0 Å². The van der Waals surface area contributed by atoms with E-state index >= 15 is 0 Å². The molecule has 3 heterocycles. The average Bonchev–Trinajstić information content (AvgIpc) is 3.24. The maximum Gasteiger partial charge on any atom is 0.323 e. The van der Waals surface area contributed by atoms with E-state index in [1.165, 1.54) is 19.4 Å². The molecule has 2 fully saturated rings. The van der Waals surface area contributed by atoms with Crippen molar-refractivity contribution in [3.05, 3.63) is 34.3 Å². The van der Waals surface area contributed by atoms with Crippen molar-refractivity contribution in [3.8, 4) is 11.8 Å². The molecule has 6 N–H and O–H groups in total. The van der Waals surface area contributed by atoms with Gasteiger partial charge in [0.15, 0.2) is 34.3 Å². The Hall–Kier alpha value is -4.13. The molecule has 0 aliphatic heterocycles. The van der Waals surface area contributed by atoms with Gasteiger partial charge in [-0.1, -0.05) is 39.0 Å². The fraction of sp³-hybridized carbons (Fsp3) is 0.533. The van der Waals surface area contributed by atoms with Crippen molar-refractivity contribution in [1.29, 1.82) is 0 Å². The first kappa shape index (κ1) is 32.3. The van der Waals surface area contributed by atoms with Crippen molar-refractivity contribution in [2.45, 2.75) is 64.4 Å². The molecule has 3 aromatic heterocycles. The second-order valence-electron chi connectivity index (χ2n) is 12.0. The van der Waals surface area contributed by atoms with Gasteiger partial charge in [-0.2, -0.15) is 4.39 Å². The largest absolute Gasteiger partial charge is 0.456 e. The number of esters is 2. The van der Waals surface area contributed by atoms with E-state index in [4.69, 9.17) is 20.9 Å². The number of carbonyl (C=O) groups excluding carboxylic acids is 3. The Morgan fingerprint density at radius 3 is 2.31 bits per heavy atom. The van der Waals surface area contributed by atoms with E-state index in [0.717, 1.165) is 11.3 Å². The van der Waals surface area contributed by atoms with Crippen LogP contribution in [0.1, 0.15) is 50.9 Å². The first-order valence-corrected chi connectivity index (χ1v) is 15.5. The lowest BCUT2D eigenvalue weighted by molar-refractivity contribution is -0.177. The number of halogens is 1. The number of thiophene rings is 1. The lowest BCUT2D eigenvalue weighted by atomic mass is 9.96. The second kappa shape index (κ2) is 12.3. The Bertz CT molecular complexity index is 1700. The molecule has 0 aromatic carbocycles. The molecular formula is C30H37FN8O5S. The van der Waals surface area contributed by atoms with E-state index in [-0.39, 0.29) is 28.7 Å². The van der Waals surface area contributed by atoms with Crippen molar-refractivity contribution in [2.24, 2.45) is 34.6 Å². The topological polar surface area (TPSA) is 189 Å². The molecule has 2 aliphatic carbocycles. The smallest absolute Gasteiger partial charge is 0.323 e. The Morgan fingerprint density at radius 1 is 1.07 bits per heavy atom. The quantitative estimate of drug-likeness (QED) is 0.196. The number of imidazole rings is 1. The van der Waals surface area contributed by atoms with Gasteiger partial charge in [0.25, 0.3) is 0 Å². The van der Waals surface area contributed by atoms with Gasteiger partial charge in [-0.05, 0) is 42.2 Å². The summed E-state index contributed by atoms with van der Waals surface area (Å²) in [7, 11) is 3.17. The van der Waals surface area contributed by atoms with Crippen LogP contribution in [-0.2, 0) is 23.9 Å². The zero-order chi connectivity index (χ0) is 32.8. The standard InChI is InChI=1S/C30H37FN8O5S/c1-13(2)19(32)27(40)43-23-22(16-11-30(16,29(42)35-6)24(23)44-28(41)20(33)14(3)4)39-12-36-21-25(34-5)37-18(38-26(21)39)10-8-15-7-9-17(31)45-15/h7,9,12-14,16,19-20,22-24H,11,32-33H2,1-6H3,(H,35,42)(H,34,37,38)/t16?,19-,20-,22?,23-,24-,30-/m0/s1. The lowest BCUT2D eigenvalue weighted by Crippen LogP contribution is -2.50. The molecular weight excluding hydrogens is 603 g/mol. The molecule has 2 saturated carbocycles. The van der Waals surface area contributed by atoms with E-state index in [1.807, 2.05) is 0 Å². The van der Waals surface area contributed by atoms with E-state index in [0.29, 0.717) is 28.3 Å². The fourth-order valence-electron chi connectivity index (χ4n) is 5.86. The Labute approximate surface area is 263 Å². The Kier molecular flexibility index (Phi) is 8.85. The number of carbonyl (C=O) groups is 3. The fourth-order valence-corrected chi connectivity index (χ4v) is 6.45. The van der Waals surface area contributed by atoms with E-state index in [9.17, 15) is 18.8 Å². The molecule has 2 unspecified atom stereocenters. The van der Waals surface area contributed by atoms with Crippen LogP contribution in [0.5, 0.6) is 0 Å². The first-order chi connectivity index (χ1) is 21.3. The van der Waals surface area contributed by atoms with Crippen LogP contribution in [0.4, 0.5) is 10.2 Å². The third-order valence-electron chi connectivity index (χ3n) is 8.59. The van der Waals surface area contributed by atoms with Gasteiger partial charge >= 0.3 is 11.9 Å². The summed E-state index contributed by atoms with van der Waals surface area (Å²) in [5.74, 6) is 3.59. The van der Waals surface area contributed by atoms with Gasteiger partial charge < -0.3 is 36.1 Å². The highest BCUT2D eigenvalue weighted by Crippen LogP contribution is 2.69. The molecule has 3 aromatic rings. The molecule has 5 rings (SSSR count). The normalized spacial score (nSPS) is 24.9. The summed E-state index contributed by atoms with van der Waals surface area (Å²) < 4.78 is 27.3. The molecule has 7 atom stereocenters. The Morgan fingerprint density at radius 2 is 1.73 bits per heavy atom.